The van der Waals surface area contributed by atoms with Crippen molar-refractivity contribution in [2.45, 2.75) is 13.3 Å². The smallest absolute Gasteiger partial charge is 0.247 e. The molecule has 2 heterocycles. The molecule has 5 nitrogen and oxygen atoms in total. The van der Waals surface area contributed by atoms with E-state index in [4.69, 9.17) is 14.4 Å². The number of ether oxygens (including phenoxy) is 1. The van der Waals surface area contributed by atoms with E-state index < -0.39 is 5.41 Å². The van der Waals surface area contributed by atoms with Crippen LogP contribution in [0.25, 0.3) is 0 Å². The van der Waals surface area contributed by atoms with E-state index in [0.717, 1.165) is 11.5 Å². The average molecular weight is 248 g/mol. The molecular formula is C13H16N2O3. The van der Waals surface area contributed by atoms with Gasteiger partial charge in [-0.3, -0.25) is 4.79 Å². The highest BCUT2D eigenvalue weighted by Gasteiger charge is 2.48. The monoisotopic (exact) mass is 248 g/mol. The highest BCUT2D eigenvalue weighted by atomic mass is 16.5. The number of hydrogen-bond acceptors (Lipinski definition) is 4. The Labute approximate surface area is 106 Å². The topological polar surface area (TPSA) is 66.5 Å². The van der Waals surface area contributed by atoms with E-state index in [9.17, 15) is 4.79 Å². The zero-order chi connectivity index (χ0) is 13.2. The normalized spacial score (nSPS) is 16.7. The standard InChI is InChI=1S/C13H16N2O3/c1-10-3-4-11(18-10)5-6-15(2)12(16)13(7-14)8-17-9-13/h3-4H,5-6,8-9H2,1-2H3. The van der Waals surface area contributed by atoms with Gasteiger partial charge in [0.1, 0.15) is 11.5 Å². The second kappa shape index (κ2) is 4.83. The predicted molar refractivity (Wildman–Crippen MR) is 63.7 cm³/mol. The van der Waals surface area contributed by atoms with Gasteiger partial charge >= 0.3 is 0 Å². The van der Waals surface area contributed by atoms with E-state index in [1.165, 1.54) is 0 Å². The Morgan fingerprint density at radius 1 is 1.56 bits per heavy atom. The number of carbonyl (C=O) groups excluding carboxylic acids is 1. The van der Waals surface area contributed by atoms with Crippen LogP contribution in [-0.2, 0) is 16.0 Å². The zero-order valence-corrected chi connectivity index (χ0v) is 10.6. The van der Waals surface area contributed by atoms with Crippen LogP contribution in [0, 0.1) is 23.7 Å². The van der Waals surface area contributed by atoms with Crippen molar-refractivity contribution < 1.29 is 13.9 Å². The summed E-state index contributed by atoms with van der Waals surface area (Å²) >= 11 is 0. The van der Waals surface area contributed by atoms with Gasteiger partial charge in [-0.25, -0.2) is 0 Å². The molecule has 0 radical (unpaired) electrons. The Bertz CT molecular complexity index is 483. The molecule has 5 heteroatoms. The van der Waals surface area contributed by atoms with Crippen molar-refractivity contribution in [1.29, 1.82) is 5.26 Å². The fraction of sp³-hybridized carbons (Fsp3) is 0.538. The fourth-order valence-corrected chi connectivity index (χ4v) is 1.91. The van der Waals surface area contributed by atoms with Crippen LogP contribution in [-0.4, -0.2) is 37.6 Å². The van der Waals surface area contributed by atoms with Crippen LogP contribution in [0.3, 0.4) is 0 Å². The predicted octanol–water partition coefficient (Wildman–Crippen LogP) is 1.13. The Balaban J connectivity index is 1.90. The summed E-state index contributed by atoms with van der Waals surface area (Å²) in [6.45, 7) is 2.82. The Hall–Kier alpha value is -1.80. The van der Waals surface area contributed by atoms with E-state index in [0.29, 0.717) is 13.0 Å². The molecule has 1 aliphatic heterocycles. The largest absolute Gasteiger partial charge is 0.466 e. The first-order valence-corrected chi connectivity index (χ1v) is 5.87. The van der Waals surface area contributed by atoms with E-state index in [1.807, 2.05) is 19.1 Å². The first-order chi connectivity index (χ1) is 8.57. The first kappa shape index (κ1) is 12.7. The van der Waals surface area contributed by atoms with Crippen LogP contribution < -0.4 is 0 Å². The van der Waals surface area contributed by atoms with E-state index in [-0.39, 0.29) is 19.1 Å². The van der Waals surface area contributed by atoms with Crippen molar-refractivity contribution in [2.24, 2.45) is 5.41 Å². The molecule has 96 valence electrons. The SMILES string of the molecule is Cc1ccc(CCN(C)C(=O)C2(C#N)COC2)o1. The number of aryl methyl sites for hydroxylation is 1. The molecule has 2 rings (SSSR count). The Morgan fingerprint density at radius 2 is 2.28 bits per heavy atom. The van der Waals surface area contributed by atoms with Crippen molar-refractivity contribution in [3.63, 3.8) is 0 Å². The molecule has 0 aliphatic carbocycles. The minimum atomic E-state index is -0.964. The maximum atomic E-state index is 12.1. The Kier molecular flexibility index (Phi) is 3.39. The van der Waals surface area contributed by atoms with Crippen LogP contribution in [0.5, 0.6) is 0 Å². The van der Waals surface area contributed by atoms with Crippen molar-refractivity contribution in [1.82, 2.24) is 4.90 Å². The minimum Gasteiger partial charge on any atom is -0.466 e. The second-order valence-corrected chi connectivity index (χ2v) is 4.68. The Morgan fingerprint density at radius 3 is 2.72 bits per heavy atom. The third-order valence-corrected chi connectivity index (χ3v) is 3.16. The average Bonchev–Trinajstić information content (AvgIpc) is 2.71. The highest BCUT2D eigenvalue weighted by Crippen LogP contribution is 2.28. The third kappa shape index (κ3) is 2.24. The number of nitrogens with zero attached hydrogens (tertiary/aromatic N) is 2. The summed E-state index contributed by atoms with van der Waals surface area (Å²) in [5.74, 6) is 1.54. The summed E-state index contributed by atoms with van der Waals surface area (Å²) in [5, 5.41) is 9.05. The maximum absolute atomic E-state index is 12.1. The number of carbonyl (C=O) groups is 1. The number of rotatable bonds is 4. The summed E-state index contributed by atoms with van der Waals surface area (Å²) in [6.07, 6.45) is 0.651. The number of nitriles is 1. The highest BCUT2D eigenvalue weighted by molar-refractivity contribution is 5.86. The maximum Gasteiger partial charge on any atom is 0.247 e. The molecule has 1 aromatic rings. The second-order valence-electron chi connectivity index (χ2n) is 4.68. The lowest BCUT2D eigenvalue weighted by molar-refractivity contribution is -0.159. The fourth-order valence-electron chi connectivity index (χ4n) is 1.91. The van der Waals surface area contributed by atoms with Crippen LogP contribution in [0.15, 0.2) is 16.5 Å². The van der Waals surface area contributed by atoms with Crippen molar-refractivity contribution in [2.75, 3.05) is 26.8 Å². The lowest BCUT2D eigenvalue weighted by atomic mass is 9.86. The van der Waals surface area contributed by atoms with E-state index in [1.54, 1.807) is 11.9 Å². The van der Waals surface area contributed by atoms with Crippen molar-refractivity contribution >= 4 is 5.91 Å². The van der Waals surface area contributed by atoms with Gasteiger partial charge in [0, 0.05) is 20.0 Å². The lowest BCUT2D eigenvalue weighted by Crippen LogP contribution is -2.53. The molecule has 0 atom stereocenters. The molecule has 0 aromatic carbocycles. The van der Waals surface area contributed by atoms with Crippen LogP contribution in [0.2, 0.25) is 0 Å². The van der Waals surface area contributed by atoms with Gasteiger partial charge in [-0.1, -0.05) is 0 Å². The third-order valence-electron chi connectivity index (χ3n) is 3.16. The zero-order valence-electron chi connectivity index (χ0n) is 10.6. The number of furan rings is 1. The van der Waals surface area contributed by atoms with Gasteiger partial charge in [-0.15, -0.1) is 0 Å². The van der Waals surface area contributed by atoms with E-state index in [2.05, 4.69) is 6.07 Å². The number of hydrogen-bond donors (Lipinski definition) is 0. The van der Waals surface area contributed by atoms with Crippen LogP contribution in [0.4, 0.5) is 0 Å². The van der Waals surface area contributed by atoms with E-state index >= 15 is 0 Å². The molecule has 1 aromatic heterocycles. The molecule has 1 fully saturated rings. The molecule has 1 aliphatic rings. The molecule has 18 heavy (non-hydrogen) atoms. The van der Waals surface area contributed by atoms with Gasteiger partial charge < -0.3 is 14.1 Å². The van der Waals surface area contributed by atoms with Gasteiger partial charge in [-0.2, -0.15) is 5.26 Å². The van der Waals surface area contributed by atoms with Gasteiger partial charge in [0.2, 0.25) is 5.91 Å². The van der Waals surface area contributed by atoms with Gasteiger partial charge in [0.05, 0.1) is 19.3 Å². The summed E-state index contributed by atoms with van der Waals surface area (Å²) in [7, 11) is 1.70. The lowest BCUT2D eigenvalue weighted by Gasteiger charge is -2.36. The molecule has 0 N–H and O–H groups in total. The number of likely N-dealkylation sites (N-methyl/N-ethyl adjacent to an activating group) is 1. The first-order valence-electron chi connectivity index (χ1n) is 5.87. The molecule has 1 amide bonds. The van der Waals surface area contributed by atoms with Crippen LogP contribution in [0.1, 0.15) is 11.5 Å². The van der Waals surface area contributed by atoms with Gasteiger partial charge in [-0.05, 0) is 19.1 Å². The quantitative estimate of drug-likeness (QED) is 0.801. The molecule has 0 unspecified atom stereocenters. The molecule has 0 bridgehead atoms. The summed E-state index contributed by atoms with van der Waals surface area (Å²) < 4.78 is 10.4. The summed E-state index contributed by atoms with van der Waals surface area (Å²) in [4.78, 5) is 13.7. The van der Waals surface area contributed by atoms with Gasteiger partial charge in [0.15, 0.2) is 5.41 Å². The molecule has 0 saturated carbocycles. The minimum absolute atomic E-state index is 0.167. The van der Waals surface area contributed by atoms with Crippen molar-refractivity contribution in [3.05, 3.63) is 23.7 Å². The summed E-state index contributed by atoms with van der Waals surface area (Å²) in [5.41, 5.74) is -0.964. The summed E-state index contributed by atoms with van der Waals surface area (Å²) in [6, 6.07) is 5.86. The van der Waals surface area contributed by atoms with Crippen LogP contribution >= 0.6 is 0 Å². The molecule has 0 spiro atoms. The molecular weight excluding hydrogens is 232 g/mol. The van der Waals surface area contributed by atoms with Crippen molar-refractivity contribution in [3.8, 4) is 6.07 Å². The molecule has 1 saturated heterocycles. The van der Waals surface area contributed by atoms with Gasteiger partial charge in [0.25, 0.3) is 0 Å². The number of amides is 1.